The Morgan fingerprint density at radius 1 is 1.43 bits per heavy atom. The van der Waals surface area contributed by atoms with Gasteiger partial charge in [0.2, 0.25) is 11.8 Å². The van der Waals surface area contributed by atoms with E-state index in [1.807, 2.05) is 6.07 Å². The molecule has 9 heteroatoms. The van der Waals surface area contributed by atoms with Crippen LogP contribution in [0, 0.1) is 11.3 Å². The van der Waals surface area contributed by atoms with Crippen LogP contribution >= 0.6 is 11.3 Å². The second-order valence-corrected chi connectivity index (χ2v) is 7.64. The van der Waals surface area contributed by atoms with Gasteiger partial charge in [0.05, 0.1) is 25.3 Å². The van der Waals surface area contributed by atoms with E-state index in [0.717, 1.165) is 16.0 Å². The van der Waals surface area contributed by atoms with Gasteiger partial charge in [0.25, 0.3) is 0 Å². The number of rotatable bonds is 8. The minimum absolute atomic E-state index is 0.00208. The molecule has 0 spiro atoms. The number of carbonyl (C=O) groups excluding carboxylic acids is 2. The number of pyridine rings is 1. The van der Waals surface area contributed by atoms with Crippen molar-refractivity contribution in [2.75, 3.05) is 38.8 Å². The molecule has 1 N–H and O–H groups in total. The van der Waals surface area contributed by atoms with Crippen LogP contribution in [0.25, 0.3) is 6.08 Å². The van der Waals surface area contributed by atoms with Gasteiger partial charge >= 0.3 is 0 Å². The van der Waals surface area contributed by atoms with Crippen LogP contribution in [0.1, 0.15) is 21.6 Å². The van der Waals surface area contributed by atoms with Gasteiger partial charge < -0.3 is 19.7 Å². The maximum atomic E-state index is 12.3. The first-order valence-corrected chi connectivity index (χ1v) is 10.2. The number of methoxy groups -OCH3 is 1. The highest BCUT2D eigenvalue weighted by molar-refractivity contribution is 7.16. The number of anilines is 1. The van der Waals surface area contributed by atoms with Crippen LogP contribution in [0.15, 0.2) is 30.6 Å². The number of thiophene rings is 1. The van der Waals surface area contributed by atoms with Crippen LogP contribution in [0.3, 0.4) is 0 Å². The summed E-state index contributed by atoms with van der Waals surface area (Å²) in [5, 5.41) is 12.9. The van der Waals surface area contributed by atoms with Gasteiger partial charge in [-0.25, -0.2) is 0 Å². The zero-order valence-corrected chi connectivity index (χ0v) is 17.4. The minimum atomic E-state index is -0.326. The molecule has 0 saturated heterocycles. The quantitative estimate of drug-likeness (QED) is 0.513. The summed E-state index contributed by atoms with van der Waals surface area (Å²) < 4.78 is 10.2. The largest absolute Gasteiger partial charge is 0.382 e. The first-order valence-electron chi connectivity index (χ1n) is 9.40. The van der Waals surface area contributed by atoms with E-state index in [1.165, 1.54) is 17.4 Å². The van der Waals surface area contributed by atoms with Crippen molar-refractivity contribution >= 4 is 34.2 Å². The normalized spacial score (nSPS) is 13.1. The van der Waals surface area contributed by atoms with Gasteiger partial charge in [0.15, 0.2) is 0 Å². The maximum absolute atomic E-state index is 12.3. The van der Waals surface area contributed by atoms with Crippen molar-refractivity contribution in [2.24, 2.45) is 0 Å². The van der Waals surface area contributed by atoms with E-state index < -0.39 is 0 Å². The molecule has 0 radical (unpaired) electrons. The Balaban J connectivity index is 1.64. The summed E-state index contributed by atoms with van der Waals surface area (Å²) in [5.41, 5.74) is 2.18. The lowest BCUT2D eigenvalue weighted by atomic mass is 10.0. The number of aromatic nitrogens is 1. The molecule has 30 heavy (non-hydrogen) atoms. The molecule has 2 aromatic rings. The summed E-state index contributed by atoms with van der Waals surface area (Å²) in [6.07, 6.45) is 6.95. The number of hydrogen-bond donors (Lipinski definition) is 1. The van der Waals surface area contributed by atoms with E-state index in [2.05, 4.69) is 16.4 Å². The molecule has 3 heterocycles. The summed E-state index contributed by atoms with van der Waals surface area (Å²) in [6.45, 7) is 1.72. The van der Waals surface area contributed by atoms with Crippen molar-refractivity contribution in [1.82, 2.24) is 9.88 Å². The third-order valence-electron chi connectivity index (χ3n) is 4.53. The fourth-order valence-corrected chi connectivity index (χ4v) is 4.23. The molecule has 3 rings (SSSR count). The van der Waals surface area contributed by atoms with Gasteiger partial charge in [-0.05, 0) is 29.7 Å². The molecular formula is C21H22N4O4S. The standard InChI is InChI=1S/C21H22N4O4S/c1-28-9-10-29-14-20(27)25-8-6-16-17(11-22)21(30-18(16)13-25)24-19(26)5-4-15-3-2-7-23-12-15/h2-5,7,12H,6,8-10,13-14H2,1H3,(H,24,26). The Hall–Kier alpha value is -3.06. The van der Waals surface area contributed by atoms with Crippen molar-refractivity contribution < 1.29 is 19.1 Å². The number of fused-ring (bicyclic) bond motifs is 1. The van der Waals surface area contributed by atoms with Crippen molar-refractivity contribution in [3.8, 4) is 6.07 Å². The summed E-state index contributed by atoms with van der Waals surface area (Å²) in [7, 11) is 1.58. The number of nitrogens with zero attached hydrogens (tertiary/aromatic N) is 3. The highest BCUT2D eigenvalue weighted by Gasteiger charge is 2.27. The van der Waals surface area contributed by atoms with E-state index in [-0.39, 0.29) is 18.4 Å². The van der Waals surface area contributed by atoms with E-state index in [4.69, 9.17) is 9.47 Å². The van der Waals surface area contributed by atoms with Crippen molar-refractivity contribution in [3.63, 3.8) is 0 Å². The third-order valence-corrected chi connectivity index (χ3v) is 5.66. The number of hydrogen-bond acceptors (Lipinski definition) is 7. The Labute approximate surface area is 178 Å². The smallest absolute Gasteiger partial charge is 0.249 e. The molecule has 1 aliphatic rings. The molecule has 0 atom stereocenters. The van der Waals surface area contributed by atoms with Crippen LogP contribution in [-0.2, 0) is 32.0 Å². The van der Waals surface area contributed by atoms with E-state index in [1.54, 1.807) is 36.5 Å². The average molecular weight is 426 g/mol. The van der Waals surface area contributed by atoms with Crippen LogP contribution in [-0.4, -0.2) is 55.2 Å². The fraction of sp³-hybridized carbons (Fsp3) is 0.333. The van der Waals surface area contributed by atoms with Crippen molar-refractivity contribution in [3.05, 3.63) is 52.2 Å². The van der Waals surface area contributed by atoms with Gasteiger partial charge in [-0.1, -0.05) is 6.07 Å². The van der Waals surface area contributed by atoms with Gasteiger partial charge in [-0.15, -0.1) is 11.3 Å². The number of carbonyl (C=O) groups is 2. The SMILES string of the molecule is COCCOCC(=O)N1CCc2c(sc(NC(=O)C=Cc3cccnc3)c2C#N)C1. The first kappa shape index (κ1) is 21.6. The van der Waals surface area contributed by atoms with Crippen molar-refractivity contribution in [1.29, 1.82) is 5.26 Å². The van der Waals surface area contributed by atoms with Gasteiger partial charge in [0.1, 0.15) is 17.7 Å². The van der Waals surface area contributed by atoms with Crippen LogP contribution in [0.2, 0.25) is 0 Å². The van der Waals surface area contributed by atoms with Gasteiger partial charge in [-0.2, -0.15) is 5.26 Å². The molecular weight excluding hydrogens is 404 g/mol. The summed E-state index contributed by atoms with van der Waals surface area (Å²) in [5.74, 6) is -0.429. The van der Waals surface area contributed by atoms with Crippen LogP contribution in [0.4, 0.5) is 5.00 Å². The second kappa shape index (κ2) is 10.6. The number of amides is 2. The second-order valence-electron chi connectivity index (χ2n) is 6.54. The summed E-state index contributed by atoms with van der Waals surface area (Å²) in [4.78, 5) is 31.3. The van der Waals surface area contributed by atoms with Crippen molar-refractivity contribution in [2.45, 2.75) is 13.0 Å². The maximum Gasteiger partial charge on any atom is 0.249 e. The zero-order chi connectivity index (χ0) is 21.3. The Morgan fingerprint density at radius 2 is 2.30 bits per heavy atom. The Morgan fingerprint density at radius 3 is 3.03 bits per heavy atom. The molecule has 0 bridgehead atoms. The summed E-state index contributed by atoms with van der Waals surface area (Å²) >= 11 is 1.33. The number of nitrogens with one attached hydrogen (secondary N) is 1. The molecule has 0 aliphatic carbocycles. The molecule has 2 amide bonds. The zero-order valence-electron chi connectivity index (χ0n) is 16.6. The van der Waals surface area contributed by atoms with E-state index in [0.29, 0.717) is 43.3 Å². The Kier molecular flexibility index (Phi) is 7.68. The monoisotopic (exact) mass is 426 g/mol. The first-order chi connectivity index (χ1) is 14.6. The molecule has 8 nitrogen and oxygen atoms in total. The number of nitriles is 1. The molecule has 0 fully saturated rings. The highest BCUT2D eigenvalue weighted by atomic mass is 32.1. The lowest BCUT2D eigenvalue weighted by molar-refractivity contribution is -0.137. The van der Waals surface area contributed by atoms with Gasteiger partial charge in [-0.3, -0.25) is 14.6 Å². The van der Waals surface area contributed by atoms with Crippen LogP contribution in [0.5, 0.6) is 0 Å². The predicted octanol–water partition coefficient (Wildman–Crippen LogP) is 2.21. The fourth-order valence-electron chi connectivity index (χ4n) is 3.02. The molecule has 2 aromatic heterocycles. The topological polar surface area (TPSA) is 105 Å². The molecule has 0 saturated carbocycles. The Bertz CT molecular complexity index is 965. The minimum Gasteiger partial charge on any atom is -0.382 e. The summed E-state index contributed by atoms with van der Waals surface area (Å²) in [6, 6.07) is 5.82. The lowest BCUT2D eigenvalue weighted by Crippen LogP contribution is -2.38. The lowest BCUT2D eigenvalue weighted by Gasteiger charge is -2.26. The average Bonchev–Trinajstić information content (AvgIpc) is 3.11. The molecule has 0 aromatic carbocycles. The molecule has 1 aliphatic heterocycles. The van der Waals surface area contributed by atoms with E-state index in [9.17, 15) is 14.9 Å². The molecule has 0 unspecified atom stereocenters. The van der Waals surface area contributed by atoms with Crippen LogP contribution < -0.4 is 5.32 Å². The molecule has 156 valence electrons. The number of ether oxygens (including phenoxy) is 2. The predicted molar refractivity (Wildman–Crippen MR) is 113 cm³/mol. The van der Waals surface area contributed by atoms with Gasteiger partial charge in [0, 0.05) is 37.0 Å². The third kappa shape index (κ3) is 5.51. The highest BCUT2D eigenvalue weighted by Crippen LogP contribution is 2.36. The van der Waals surface area contributed by atoms with E-state index >= 15 is 0 Å².